The minimum atomic E-state index is -0.0943. The molecular weight excluding hydrogens is 252 g/mol. The molecule has 1 saturated heterocycles. The molecule has 4 heteroatoms. The van der Waals surface area contributed by atoms with Gasteiger partial charge in [-0.05, 0) is 45.2 Å². The summed E-state index contributed by atoms with van der Waals surface area (Å²) in [6, 6.07) is 8.00. The molecule has 1 aliphatic heterocycles. The van der Waals surface area contributed by atoms with E-state index in [0.29, 0.717) is 0 Å². The van der Waals surface area contributed by atoms with Crippen LogP contribution in [0.1, 0.15) is 33.1 Å². The monoisotopic (exact) mass is 276 g/mol. The molecule has 0 atom stereocenters. The first kappa shape index (κ1) is 14.9. The molecule has 1 aromatic carbocycles. The van der Waals surface area contributed by atoms with E-state index in [9.17, 15) is 4.79 Å². The summed E-state index contributed by atoms with van der Waals surface area (Å²) in [5.74, 6) is -0.0943. The largest absolute Gasteiger partial charge is 0.370 e. The zero-order chi connectivity index (χ0) is 14.4. The van der Waals surface area contributed by atoms with E-state index in [1.807, 2.05) is 32.0 Å². The average molecular weight is 276 g/mol. The minimum Gasteiger partial charge on any atom is -0.370 e. The van der Waals surface area contributed by atoms with E-state index in [0.717, 1.165) is 24.5 Å². The second kappa shape index (κ2) is 7.29. The molecular formula is C16H24N2O2. The van der Waals surface area contributed by atoms with Crippen LogP contribution in [0.2, 0.25) is 0 Å². The Morgan fingerprint density at radius 3 is 2.65 bits per heavy atom. The molecule has 1 aliphatic rings. The molecule has 0 saturated carbocycles. The van der Waals surface area contributed by atoms with Gasteiger partial charge >= 0.3 is 0 Å². The molecule has 20 heavy (non-hydrogen) atoms. The SMILES string of the molecule is CC(C)OCC(=O)Nc1ccccc1N1CCCCC1. The molecule has 0 bridgehead atoms. The number of nitrogens with one attached hydrogen (secondary N) is 1. The van der Waals surface area contributed by atoms with Crippen LogP contribution >= 0.6 is 0 Å². The Hall–Kier alpha value is -1.55. The number of nitrogens with zero attached hydrogens (tertiary/aromatic N) is 1. The second-order valence-electron chi connectivity index (χ2n) is 5.47. The van der Waals surface area contributed by atoms with E-state index in [4.69, 9.17) is 4.74 Å². The zero-order valence-electron chi connectivity index (χ0n) is 12.4. The summed E-state index contributed by atoms with van der Waals surface area (Å²) in [5.41, 5.74) is 2.00. The summed E-state index contributed by atoms with van der Waals surface area (Å²) in [6.45, 7) is 6.08. The first-order chi connectivity index (χ1) is 9.66. The van der Waals surface area contributed by atoms with Crippen LogP contribution in [0.5, 0.6) is 0 Å². The van der Waals surface area contributed by atoms with Crippen molar-refractivity contribution in [2.45, 2.75) is 39.2 Å². The molecule has 1 heterocycles. The fourth-order valence-corrected chi connectivity index (χ4v) is 2.42. The van der Waals surface area contributed by atoms with E-state index in [2.05, 4.69) is 16.3 Å². The van der Waals surface area contributed by atoms with Crippen molar-refractivity contribution >= 4 is 17.3 Å². The lowest BCUT2D eigenvalue weighted by Crippen LogP contribution is -2.30. The molecule has 2 rings (SSSR count). The summed E-state index contributed by atoms with van der Waals surface area (Å²) in [5, 5.41) is 2.96. The van der Waals surface area contributed by atoms with E-state index in [1.54, 1.807) is 0 Å². The number of hydrogen-bond acceptors (Lipinski definition) is 3. The van der Waals surface area contributed by atoms with Crippen molar-refractivity contribution in [1.82, 2.24) is 0 Å². The van der Waals surface area contributed by atoms with Crippen LogP contribution in [0.4, 0.5) is 11.4 Å². The number of rotatable bonds is 5. The van der Waals surface area contributed by atoms with E-state index in [-0.39, 0.29) is 18.6 Å². The first-order valence-corrected chi connectivity index (χ1v) is 7.42. The van der Waals surface area contributed by atoms with Gasteiger partial charge in [-0.2, -0.15) is 0 Å². The lowest BCUT2D eigenvalue weighted by molar-refractivity contribution is -0.121. The van der Waals surface area contributed by atoms with Gasteiger partial charge in [-0.15, -0.1) is 0 Å². The van der Waals surface area contributed by atoms with Crippen molar-refractivity contribution in [3.63, 3.8) is 0 Å². The summed E-state index contributed by atoms with van der Waals surface area (Å²) in [4.78, 5) is 14.2. The zero-order valence-corrected chi connectivity index (χ0v) is 12.4. The Morgan fingerprint density at radius 2 is 1.95 bits per heavy atom. The van der Waals surface area contributed by atoms with Gasteiger partial charge in [0.25, 0.3) is 0 Å². The van der Waals surface area contributed by atoms with Crippen LogP contribution in [0, 0.1) is 0 Å². The van der Waals surface area contributed by atoms with E-state index in [1.165, 1.54) is 19.3 Å². The summed E-state index contributed by atoms with van der Waals surface area (Å²) in [7, 11) is 0. The predicted molar refractivity (Wildman–Crippen MR) is 82.2 cm³/mol. The van der Waals surface area contributed by atoms with Crippen molar-refractivity contribution in [3.05, 3.63) is 24.3 Å². The van der Waals surface area contributed by atoms with Gasteiger partial charge in [0, 0.05) is 13.1 Å². The topological polar surface area (TPSA) is 41.6 Å². The Morgan fingerprint density at radius 1 is 1.25 bits per heavy atom. The van der Waals surface area contributed by atoms with Gasteiger partial charge in [-0.25, -0.2) is 0 Å². The number of benzene rings is 1. The first-order valence-electron chi connectivity index (χ1n) is 7.42. The molecule has 1 amide bonds. The minimum absolute atomic E-state index is 0.0677. The molecule has 0 spiro atoms. The number of ether oxygens (including phenoxy) is 1. The Bertz CT molecular complexity index is 440. The summed E-state index contributed by atoms with van der Waals surface area (Å²) >= 11 is 0. The van der Waals surface area contributed by atoms with Gasteiger partial charge in [-0.1, -0.05) is 12.1 Å². The Kier molecular flexibility index (Phi) is 5.41. The molecule has 0 radical (unpaired) electrons. The average Bonchev–Trinajstić information content (AvgIpc) is 2.47. The molecule has 0 aromatic heterocycles. The highest BCUT2D eigenvalue weighted by atomic mass is 16.5. The maximum absolute atomic E-state index is 11.9. The Labute approximate surface area is 121 Å². The smallest absolute Gasteiger partial charge is 0.250 e. The summed E-state index contributed by atoms with van der Waals surface area (Å²) in [6.07, 6.45) is 3.81. The Balaban J connectivity index is 2.01. The van der Waals surface area contributed by atoms with Gasteiger partial charge < -0.3 is 15.0 Å². The summed E-state index contributed by atoms with van der Waals surface area (Å²) < 4.78 is 5.34. The highest BCUT2D eigenvalue weighted by Gasteiger charge is 2.15. The van der Waals surface area contributed by atoms with Crippen molar-refractivity contribution in [2.24, 2.45) is 0 Å². The maximum Gasteiger partial charge on any atom is 0.250 e. The van der Waals surface area contributed by atoms with E-state index < -0.39 is 0 Å². The number of amides is 1. The quantitative estimate of drug-likeness (QED) is 0.898. The molecule has 0 unspecified atom stereocenters. The maximum atomic E-state index is 11.9. The lowest BCUT2D eigenvalue weighted by Gasteiger charge is -2.30. The fraction of sp³-hybridized carbons (Fsp3) is 0.562. The molecule has 1 aromatic rings. The number of hydrogen-bond donors (Lipinski definition) is 1. The van der Waals surface area contributed by atoms with Crippen molar-refractivity contribution in [1.29, 1.82) is 0 Å². The van der Waals surface area contributed by atoms with Crippen LogP contribution in [0.15, 0.2) is 24.3 Å². The van der Waals surface area contributed by atoms with Gasteiger partial charge in [0.2, 0.25) is 5.91 Å². The number of carbonyl (C=O) groups is 1. The van der Waals surface area contributed by atoms with Crippen LogP contribution in [-0.2, 0) is 9.53 Å². The number of anilines is 2. The number of piperidine rings is 1. The number of para-hydroxylation sites is 2. The number of carbonyl (C=O) groups excluding carboxylic acids is 1. The molecule has 4 nitrogen and oxygen atoms in total. The second-order valence-corrected chi connectivity index (χ2v) is 5.47. The van der Waals surface area contributed by atoms with Gasteiger partial charge in [0.05, 0.1) is 17.5 Å². The van der Waals surface area contributed by atoms with Crippen LogP contribution in [0.25, 0.3) is 0 Å². The normalized spacial score (nSPS) is 15.4. The third-order valence-corrected chi connectivity index (χ3v) is 3.42. The van der Waals surface area contributed by atoms with Crippen molar-refractivity contribution < 1.29 is 9.53 Å². The van der Waals surface area contributed by atoms with Crippen molar-refractivity contribution in [2.75, 3.05) is 29.9 Å². The van der Waals surface area contributed by atoms with E-state index >= 15 is 0 Å². The standard InChI is InChI=1S/C16H24N2O2/c1-13(2)20-12-16(19)17-14-8-4-5-9-15(14)18-10-6-3-7-11-18/h4-5,8-9,13H,3,6-7,10-12H2,1-2H3,(H,17,19). The highest BCUT2D eigenvalue weighted by molar-refractivity contribution is 5.95. The van der Waals surface area contributed by atoms with Gasteiger partial charge in [0.1, 0.15) is 6.61 Å². The van der Waals surface area contributed by atoms with Gasteiger partial charge in [0.15, 0.2) is 0 Å². The van der Waals surface area contributed by atoms with Crippen LogP contribution < -0.4 is 10.2 Å². The molecule has 1 fully saturated rings. The van der Waals surface area contributed by atoms with Crippen LogP contribution in [-0.4, -0.2) is 31.7 Å². The van der Waals surface area contributed by atoms with Crippen LogP contribution in [0.3, 0.4) is 0 Å². The molecule has 0 aliphatic carbocycles. The lowest BCUT2D eigenvalue weighted by atomic mass is 10.1. The van der Waals surface area contributed by atoms with Gasteiger partial charge in [-0.3, -0.25) is 4.79 Å². The van der Waals surface area contributed by atoms with Crippen molar-refractivity contribution in [3.8, 4) is 0 Å². The predicted octanol–water partition coefficient (Wildman–Crippen LogP) is 3.04. The fourth-order valence-electron chi connectivity index (χ4n) is 2.42. The highest BCUT2D eigenvalue weighted by Crippen LogP contribution is 2.28. The third kappa shape index (κ3) is 4.23. The third-order valence-electron chi connectivity index (χ3n) is 3.42. The molecule has 1 N–H and O–H groups in total. The molecule has 110 valence electrons.